The van der Waals surface area contributed by atoms with Crippen molar-refractivity contribution in [3.8, 4) is 12.1 Å². The predicted molar refractivity (Wildman–Crippen MR) is 85.8 cm³/mol. The summed E-state index contributed by atoms with van der Waals surface area (Å²) in [7, 11) is 0. The molecule has 1 aromatic carbocycles. The number of nitrogens with zero attached hydrogens (tertiary/aromatic N) is 3. The van der Waals surface area contributed by atoms with E-state index in [4.69, 9.17) is 0 Å². The number of allylic oxidation sites excluding steroid dienone is 1. The van der Waals surface area contributed by atoms with Gasteiger partial charge in [0.25, 0.3) is 0 Å². The highest BCUT2D eigenvalue weighted by atomic mass is 16.6. The third-order valence-electron chi connectivity index (χ3n) is 4.86. The van der Waals surface area contributed by atoms with Crippen molar-refractivity contribution in [3.05, 3.63) is 58.7 Å². The van der Waals surface area contributed by atoms with E-state index in [0.29, 0.717) is 18.4 Å². The number of nitriles is 2. The Morgan fingerprint density at radius 2 is 1.87 bits per heavy atom. The molecule has 0 aromatic heterocycles. The van der Waals surface area contributed by atoms with Gasteiger partial charge in [-0.15, -0.1) is 6.58 Å². The summed E-state index contributed by atoms with van der Waals surface area (Å²) in [6.45, 7) is 3.64. The summed E-state index contributed by atoms with van der Waals surface area (Å²) in [5, 5.41) is 31.5. The molecule has 1 unspecified atom stereocenters. The molecule has 23 heavy (non-hydrogen) atoms. The van der Waals surface area contributed by atoms with Gasteiger partial charge in [0.2, 0.25) is 5.54 Å². The van der Waals surface area contributed by atoms with E-state index in [-0.39, 0.29) is 11.3 Å². The summed E-state index contributed by atoms with van der Waals surface area (Å²) >= 11 is 0. The molecule has 1 fully saturated rings. The lowest BCUT2D eigenvalue weighted by Crippen LogP contribution is -2.48. The molecule has 118 valence electrons. The molecule has 1 aromatic rings. The smallest absolute Gasteiger partial charge is 0.231 e. The average molecular weight is 309 g/mol. The first kappa shape index (κ1) is 16.7. The van der Waals surface area contributed by atoms with E-state index >= 15 is 0 Å². The standard InChI is InChI=1S/C18H19N3O2/c1-2-10-17(13-19,14-20)16(15-8-4-3-5-9-15)18(21(22)23)11-6-7-12-18/h2-5,8-9,16H,1,6-7,10-12H2. The molecule has 0 amide bonds. The van der Waals surface area contributed by atoms with Crippen LogP contribution in [0.3, 0.4) is 0 Å². The van der Waals surface area contributed by atoms with E-state index in [0.717, 1.165) is 12.8 Å². The van der Waals surface area contributed by atoms with Gasteiger partial charge >= 0.3 is 0 Å². The number of hydrogen-bond acceptors (Lipinski definition) is 4. The Bertz CT molecular complexity index is 650. The van der Waals surface area contributed by atoms with Crippen LogP contribution in [0.5, 0.6) is 0 Å². The van der Waals surface area contributed by atoms with Crippen molar-refractivity contribution in [1.29, 1.82) is 10.5 Å². The van der Waals surface area contributed by atoms with Crippen LogP contribution in [-0.2, 0) is 0 Å². The van der Waals surface area contributed by atoms with Gasteiger partial charge in [0.1, 0.15) is 0 Å². The number of hydrogen-bond donors (Lipinski definition) is 0. The number of benzene rings is 1. The Hall–Kier alpha value is -2.66. The van der Waals surface area contributed by atoms with Crippen molar-refractivity contribution in [2.24, 2.45) is 5.41 Å². The van der Waals surface area contributed by atoms with Crippen LogP contribution in [0.15, 0.2) is 43.0 Å². The minimum atomic E-state index is -1.49. The van der Waals surface area contributed by atoms with Gasteiger partial charge in [-0.3, -0.25) is 10.1 Å². The molecule has 0 bridgehead atoms. The Morgan fingerprint density at radius 3 is 2.30 bits per heavy atom. The fourth-order valence-corrected chi connectivity index (χ4v) is 3.85. The molecule has 2 rings (SSSR count). The highest BCUT2D eigenvalue weighted by molar-refractivity contribution is 5.35. The highest BCUT2D eigenvalue weighted by Gasteiger charge is 2.61. The second-order valence-corrected chi connectivity index (χ2v) is 6.10. The molecule has 0 N–H and O–H groups in total. The monoisotopic (exact) mass is 309 g/mol. The molecule has 0 radical (unpaired) electrons. The van der Waals surface area contributed by atoms with Gasteiger partial charge in [-0.2, -0.15) is 10.5 Å². The zero-order valence-electron chi connectivity index (χ0n) is 12.9. The average Bonchev–Trinajstić information content (AvgIpc) is 3.06. The van der Waals surface area contributed by atoms with Crippen LogP contribution < -0.4 is 0 Å². The van der Waals surface area contributed by atoms with Gasteiger partial charge in [-0.25, -0.2) is 0 Å². The minimum absolute atomic E-state index is 0.106. The van der Waals surface area contributed by atoms with Gasteiger partial charge in [0, 0.05) is 17.8 Å². The lowest BCUT2D eigenvalue weighted by atomic mass is 9.62. The maximum atomic E-state index is 12.0. The Kier molecular flexibility index (Phi) is 4.81. The molecule has 1 aliphatic carbocycles. The van der Waals surface area contributed by atoms with E-state index in [1.165, 1.54) is 6.08 Å². The van der Waals surface area contributed by atoms with Crippen molar-refractivity contribution in [1.82, 2.24) is 0 Å². The van der Waals surface area contributed by atoms with Crippen LogP contribution in [0.25, 0.3) is 0 Å². The zero-order chi connectivity index (χ0) is 16.9. The first-order chi connectivity index (χ1) is 11.1. The molecule has 5 heteroatoms. The first-order valence-electron chi connectivity index (χ1n) is 7.69. The van der Waals surface area contributed by atoms with E-state index in [9.17, 15) is 20.6 Å². The molecule has 5 nitrogen and oxygen atoms in total. The molecule has 0 heterocycles. The number of nitro groups is 1. The van der Waals surface area contributed by atoms with Gasteiger partial charge < -0.3 is 0 Å². The molecule has 0 aliphatic heterocycles. The molecule has 0 spiro atoms. The van der Waals surface area contributed by atoms with E-state index < -0.39 is 16.9 Å². The summed E-state index contributed by atoms with van der Waals surface area (Å²) in [6.07, 6.45) is 3.88. The van der Waals surface area contributed by atoms with E-state index in [1.807, 2.05) is 6.07 Å². The van der Waals surface area contributed by atoms with Crippen LogP contribution >= 0.6 is 0 Å². The van der Waals surface area contributed by atoms with Crippen molar-refractivity contribution >= 4 is 0 Å². The third-order valence-corrected chi connectivity index (χ3v) is 4.86. The summed E-state index contributed by atoms with van der Waals surface area (Å²) in [5.41, 5.74) is -2.08. The van der Waals surface area contributed by atoms with Crippen molar-refractivity contribution in [3.63, 3.8) is 0 Å². The lowest BCUT2D eigenvalue weighted by molar-refractivity contribution is -0.576. The SMILES string of the molecule is C=CCC(C#N)(C#N)C(c1ccccc1)C1([N+](=O)[O-])CCCC1. The number of rotatable bonds is 6. The van der Waals surface area contributed by atoms with Crippen LogP contribution in [0.4, 0.5) is 0 Å². The summed E-state index contributed by atoms with van der Waals surface area (Å²) < 4.78 is 0. The van der Waals surface area contributed by atoms with Gasteiger partial charge in [-0.05, 0) is 24.8 Å². The predicted octanol–water partition coefficient (Wildman–Crippen LogP) is 3.97. The van der Waals surface area contributed by atoms with Gasteiger partial charge in [0.15, 0.2) is 5.41 Å². The first-order valence-corrected chi connectivity index (χ1v) is 7.69. The third kappa shape index (κ3) is 2.71. The largest absolute Gasteiger partial charge is 0.264 e. The van der Waals surface area contributed by atoms with E-state index in [1.54, 1.807) is 24.3 Å². The fourth-order valence-electron chi connectivity index (χ4n) is 3.85. The van der Waals surface area contributed by atoms with Crippen LogP contribution in [0, 0.1) is 38.2 Å². The summed E-state index contributed by atoms with van der Waals surface area (Å²) in [4.78, 5) is 11.7. The maximum absolute atomic E-state index is 12.0. The topological polar surface area (TPSA) is 90.7 Å². The second kappa shape index (κ2) is 6.62. The molecule has 1 aliphatic rings. The van der Waals surface area contributed by atoms with Crippen molar-refractivity contribution in [2.45, 2.75) is 43.6 Å². The zero-order valence-corrected chi connectivity index (χ0v) is 12.9. The van der Waals surface area contributed by atoms with Crippen LogP contribution in [0.2, 0.25) is 0 Å². The van der Waals surface area contributed by atoms with Gasteiger partial charge in [-0.1, -0.05) is 36.4 Å². The molecule has 0 saturated heterocycles. The van der Waals surface area contributed by atoms with Crippen molar-refractivity contribution < 1.29 is 4.92 Å². The molecule has 1 atom stereocenters. The summed E-state index contributed by atoms with van der Waals surface area (Å²) in [5.74, 6) is -0.776. The Labute approximate surface area is 136 Å². The Balaban J connectivity index is 2.71. The molecular formula is C18H19N3O2. The molecule has 1 saturated carbocycles. The Morgan fingerprint density at radius 1 is 1.30 bits per heavy atom. The minimum Gasteiger partial charge on any atom is -0.264 e. The second-order valence-electron chi connectivity index (χ2n) is 6.10. The lowest BCUT2D eigenvalue weighted by Gasteiger charge is -2.37. The maximum Gasteiger partial charge on any atom is 0.231 e. The highest BCUT2D eigenvalue weighted by Crippen LogP contribution is 2.53. The van der Waals surface area contributed by atoms with Gasteiger partial charge in [0.05, 0.1) is 18.1 Å². The molecular weight excluding hydrogens is 290 g/mol. The van der Waals surface area contributed by atoms with Crippen LogP contribution in [0.1, 0.15) is 43.6 Å². The fraction of sp³-hybridized carbons (Fsp3) is 0.444. The van der Waals surface area contributed by atoms with Crippen molar-refractivity contribution in [2.75, 3.05) is 0 Å². The quantitative estimate of drug-likeness (QED) is 0.451. The normalized spacial score (nSPS) is 17.7. The summed E-state index contributed by atoms with van der Waals surface area (Å²) in [6, 6.07) is 13.1. The van der Waals surface area contributed by atoms with Crippen LogP contribution in [-0.4, -0.2) is 10.5 Å². The van der Waals surface area contributed by atoms with E-state index in [2.05, 4.69) is 18.7 Å².